The summed E-state index contributed by atoms with van der Waals surface area (Å²) in [5.41, 5.74) is 5.68. The van der Waals surface area contributed by atoms with Crippen LogP contribution in [0.15, 0.2) is 77.3 Å². The lowest BCUT2D eigenvalue weighted by atomic mass is 10.0. The highest BCUT2D eigenvalue weighted by atomic mass is 35.5. The minimum Gasteiger partial charge on any atom is -0.459 e. The smallest absolute Gasteiger partial charge is 0.226 e. The van der Waals surface area contributed by atoms with E-state index in [-0.39, 0.29) is 24.4 Å². The summed E-state index contributed by atoms with van der Waals surface area (Å²) in [7, 11) is 0. The van der Waals surface area contributed by atoms with E-state index in [2.05, 4.69) is 15.6 Å². The Morgan fingerprint density at radius 1 is 1.11 bits per heavy atom. The molecule has 0 radical (unpaired) electrons. The number of halogens is 1. The fourth-order valence-electron chi connectivity index (χ4n) is 4.79. The molecule has 8 heteroatoms. The Kier molecular flexibility index (Phi) is 7.49. The van der Waals surface area contributed by atoms with E-state index in [1.807, 2.05) is 92.4 Å². The van der Waals surface area contributed by atoms with Gasteiger partial charge in [0.2, 0.25) is 5.91 Å². The van der Waals surface area contributed by atoms with Gasteiger partial charge in [0.1, 0.15) is 17.6 Å². The monoisotopic (exact) mass is 544 g/mol. The number of furan rings is 1. The number of carbonyl (C=O) groups is 1. The molecule has 2 aromatic carbocycles. The fourth-order valence-corrected chi connectivity index (χ4v) is 5.30. The standard InChI is InChI=1S/C30H29ClN4O2S/c1-18-10-11-19(2)24(17-18)33-27(36)14-16-35-29(28(34-30(35)38)23-9-4-5-15-32-23)26-13-12-25(37-26)21-7-6-8-22(31)20(21)3/h4-13,15,17,28-29H,14,16H2,1-3H3,(H,33,36)(H,34,38)/t28-,29-/m1/s1. The molecule has 1 aliphatic heterocycles. The van der Waals surface area contributed by atoms with E-state index in [0.29, 0.717) is 16.7 Å². The number of nitrogens with one attached hydrogen (secondary N) is 2. The summed E-state index contributed by atoms with van der Waals surface area (Å²) in [5, 5.41) is 7.70. The molecule has 0 saturated carbocycles. The van der Waals surface area contributed by atoms with Gasteiger partial charge in [-0.05, 0) is 86.1 Å². The molecule has 0 spiro atoms. The maximum Gasteiger partial charge on any atom is 0.226 e. The fraction of sp³-hybridized carbons (Fsp3) is 0.233. The maximum absolute atomic E-state index is 12.9. The van der Waals surface area contributed by atoms with Gasteiger partial charge >= 0.3 is 0 Å². The van der Waals surface area contributed by atoms with Crippen LogP contribution < -0.4 is 10.6 Å². The van der Waals surface area contributed by atoms with Gasteiger partial charge in [-0.2, -0.15) is 0 Å². The summed E-state index contributed by atoms with van der Waals surface area (Å²) >= 11 is 12.1. The molecule has 0 aliphatic carbocycles. The molecule has 0 unspecified atom stereocenters. The zero-order valence-electron chi connectivity index (χ0n) is 21.5. The molecule has 1 amide bonds. The van der Waals surface area contributed by atoms with Crippen molar-refractivity contribution < 1.29 is 9.21 Å². The number of amides is 1. The van der Waals surface area contributed by atoms with Crippen molar-refractivity contribution in [3.05, 3.63) is 106 Å². The lowest BCUT2D eigenvalue weighted by molar-refractivity contribution is -0.116. The van der Waals surface area contributed by atoms with Gasteiger partial charge in [0, 0.05) is 35.4 Å². The van der Waals surface area contributed by atoms with Crippen LogP contribution in [-0.2, 0) is 4.79 Å². The van der Waals surface area contributed by atoms with Crippen LogP contribution in [0.2, 0.25) is 5.02 Å². The van der Waals surface area contributed by atoms with Crippen molar-refractivity contribution in [2.75, 3.05) is 11.9 Å². The van der Waals surface area contributed by atoms with Crippen molar-refractivity contribution in [1.29, 1.82) is 0 Å². The predicted molar refractivity (Wildman–Crippen MR) is 155 cm³/mol. The Balaban J connectivity index is 1.42. The SMILES string of the molecule is Cc1ccc(C)c(NC(=O)CCN2C(=S)N[C@H](c3ccccn3)[C@H]2c2ccc(-c3cccc(Cl)c3C)o2)c1. The van der Waals surface area contributed by atoms with Crippen molar-refractivity contribution in [3.63, 3.8) is 0 Å². The first-order valence-electron chi connectivity index (χ1n) is 12.5. The van der Waals surface area contributed by atoms with E-state index in [1.54, 1.807) is 6.20 Å². The minimum atomic E-state index is -0.279. The van der Waals surface area contributed by atoms with Crippen LogP contribution in [0.5, 0.6) is 0 Å². The number of aromatic nitrogens is 1. The van der Waals surface area contributed by atoms with E-state index in [4.69, 9.17) is 28.2 Å². The largest absolute Gasteiger partial charge is 0.459 e. The van der Waals surface area contributed by atoms with E-state index in [1.165, 1.54) is 0 Å². The molecular formula is C30H29ClN4O2S. The van der Waals surface area contributed by atoms with E-state index in [9.17, 15) is 4.79 Å². The first-order valence-corrected chi connectivity index (χ1v) is 13.3. The number of anilines is 1. The Bertz CT molecular complexity index is 1490. The second kappa shape index (κ2) is 11.0. The van der Waals surface area contributed by atoms with E-state index < -0.39 is 0 Å². The Labute approximate surface area is 233 Å². The van der Waals surface area contributed by atoms with Crippen LogP contribution in [0.25, 0.3) is 11.3 Å². The number of rotatable bonds is 7. The predicted octanol–water partition coefficient (Wildman–Crippen LogP) is 6.92. The van der Waals surface area contributed by atoms with Gasteiger partial charge in [-0.3, -0.25) is 9.78 Å². The average molecular weight is 545 g/mol. The first-order chi connectivity index (χ1) is 18.3. The molecule has 5 rings (SSSR count). The molecule has 1 saturated heterocycles. The average Bonchev–Trinajstić information content (AvgIpc) is 3.51. The van der Waals surface area contributed by atoms with Gasteiger partial charge in [-0.1, -0.05) is 41.9 Å². The third kappa shape index (κ3) is 5.30. The van der Waals surface area contributed by atoms with Crippen LogP contribution >= 0.6 is 23.8 Å². The van der Waals surface area contributed by atoms with Gasteiger partial charge in [0.15, 0.2) is 5.11 Å². The number of aryl methyl sites for hydroxylation is 2. The molecule has 2 atom stereocenters. The van der Waals surface area contributed by atoms with Crippen LogP contribution in [0.1, 0.15) is 46.6 Å². The molecule has 2 N–H and O–H groups in total. The Hall–Kier alpha value is -3.68. The zero-order chi connectivity index (χ0) is 26.8. The highest BCUT2D eigenvalue weighted by Gasteiger charge is 2.41. The summed E-state index contributed by atoms with van der Waals surface area (Å²) in [5.74, 6) is 1.39. The summed E-state index contributed by atoms with van der Waals surface area (Å²) in [6.45, 7) is 6.39. The van der Waals surface area contributed by atoms with Gasteiger partial charge < -0.3 is 20.0 Å². The van der Waals surface area contributed by atoms with Crippen molar-refractivity contribution in [2.45, 2.75) is 39.3 Å². The lowest BCUT2D eigenvalue weighted by Crippen LogP contribution is -2.32. The Morgan fingerprint density at radius 3 is 2.74 bits per heavy atom. The molecule has 1 aliphatic rings. The third-order valence-electron chi connectivity index (χ3n) is 6.90. The van der Waals surface area contributed by atoms with Gasteiger partial charge in [-0.15, -0.1) is 0 Å². The van der Waals surface area contributed by atoms with Crippen molar-refractivity contribution in [3.8, 4) is 11.3 Å². The van der Waals surface area contributed by atoms with E-state index in [0.717, 1.165) is 45.2 Å². The number of benzene rings is 2. The second-order valence-electron chi connectivity index (χ2n) is 9.55. The van der Waals surface area contributed by atoms with Crippen LogP contribution in [0.3, 0.4) is 0 Å². The van der Waals surface area contributed by atoms with Gasteiger partial charge in [0.25, 0.3) is 0 Å². The molecule has 194 valence electrons. The van der Waals surface area contributed by atoms with Gasteiger partial charge in [-0.25, -0.2) is 0 Å². The molecular weight excluding hydrogens is 516 g/mol. The zero-order valence-corrected chi connectivity index (χ0v) is 23.1. The lowest BCUT2D eigenvalue weighted by Gasteiger charge is -2.26. The molecule has 1 fully saturated rings. The first kappa shape index (κ1) is 25.9. The van der Waals surface area contributed by atoms with Crippen LogP contribution in [0.4, 0.5) is 5.69 Å². The summed E-state index contributed by atoms with van der Waals surface area (Å²) in [4.78, 5) is 19.5. The molecule has 2 aromatic heterocycles. The number of nitrogens with zero attached hydrogens (tertiary/aromatic N) is 2. The highest BCUT2D eigenvalue weighted by molar-refractivity contribution is 7.80. The third-order valence-corrected chi connectivity index (χ3v) is 7.66. The van der Waals surface area contributed by atoms with Crippen molar-refractivity contribution in [1.82, 2.24) is 15.2 Å². The van der Waals surface area contributed by atoms with Crippen molar-refractivity contribution >= 4 is 40.5 Å². The minimum absolute atomic E-state index is 0.0729. The molecule has 4 aromatic rings. The second-order valence-corrected chi connectivity index (χ2v) is 10.3. The number of hydrogen-bond donors (Lipinski definition) is 2. The summed E-state index contributed by atoms with van der Waals surface area (Å²) < 4.78 is 6.42. The number of thiocarbonyl (C=S) groups is 1. The van der Waals surface area contributed by atoms with E-state index >= 15 is 0 Å². The number of pyridine rings is 1. The van der Waals surface area contributed by atoms with Crippen LogP contribution in [-0.4, -0.2) is 27.4 Å². The normalized spacial score (nSPS) is 16.9. The summed E-state index contributed by atoms with van der Waals surface area (Å²) in [6.07, 6.45) is 2.03. The van der Waals surface area contributed by atoms with Crippen molar-refractivity contribution in [2.24, 2.45) is 0 Å². The number of carbonyl (C=O) groups excluding carboxylic acids is 1. The topological polar surface area (TPSA) is 70.4 Å². The Morgan fingerprint density at radius 2 is 1.95 bits per heavy atom. The summed E-state index contributed by atoms with van der Waals surface area (Å²) in [6, 6.07) is 21.0. The van der Waals surface area contributed by atoms with Crippen LogP contribution in [0, 0.1) is 20.8 Å². The van der Waals surface area contributed by atoms with Gasteiger partial charge in [0.05, 0.1) is 11.7 Å². The quantitative estimate of drug-likeness (QED) is 0.246. The maximum atomic E-state index is 12.9. The molecule has 3 heterocycles. The highest BCUT2D eigenvalue weighted by Crippen LogP contribution is 2.41. The molecule has 0 bridgehead atoms. The number of hydrogen-bond acceptors (Lipinski definition) is 4. The molecule has 6 nitrogen and oxygen atoms in total. The molecule has 38 heavy (non-hydrogen) atoms.